The fourth-order valence-electron chi connectivity index (χ4n) is 13.6. The molecule has 0 unspecified atom stereocenters. The Morgan fingerprint density at radius 2 is 0.529 bits per heavy atom. The molecule has 7 heterocycles. The van der Waals surface area contributed by atoms with Crippen LogP contribution in [0.15, 0.2) is 267 Å². The summed E-state index contributed by atoms with van der Waals surface area (Å²) in [5.41, 5.74) is 14.4. The number of benzene rings is 8. The van der Waals surface area contributed by atoms with Crippen molar-refractivity contribution in [2.24, 2.45) is 0 Å². The number of rotatable bonds is 36. The average Bonchev–Trinajstić information content (AvgIpc) is 1.61. The number of carbonyl (C=O) groups is 5. The van der Waals surface area contributed by atoms with E-state index in [4.69, 9.17) is 67.4 Å². The number of nitrogens with zero attached hydrogens (tertiary/aromatic N) is 12. The molecule has 8 aromatic carbocycles. The van der Waals surface area contributed by atoms with Crippen LogP contribution in [0.1, 0.15) is 143 Å². The molecule has 15 rings (SSSR count). The minimum atomic E-state index is -0.929. The van der Waals surface area contributed by atoms with Crippen LogP contribution in [0.25, 0.3) is 84.7 Å². The predicted molar refractivity (Wildman–Crippen MR) is 537 cm³/mol. The third-order valence-electron chi connectivity index (χ3n) is 23.7. The molecular weight excluding hydrogens is 1780 g/mol. The van der Waals surface area contributed by atoms with Gasteiger partial charge in [0.1, 0.15) is 73.9 Å². The molecule has 0 saturated carbocycles. The molecule has 0 N–H and O–H groups in total. The summed E-state index contributed by atoms with van der Waals surface area (Å²) < 4.78 is 84.8. The lowest BCUT2D eigenvalue weighted by molar-refractivity contribution is -0.140. The summed E-state index contributed by atoms with van der Waals surface area (Å²) in [7, 11) is 9.80. The highest BCUT2D eigenvalue weighted by molar-refractivity contribution is 5.86. The standard InChI is InChI=1S/C23H26N2O4.2C23H26N2O3.C21H22FN3O3.C21H23N3O3/c1-16(26)23(2,3)29-15-18-14-21(17-9-8-10-19(13-17)27-4)25(24-18)20-11-6-7-12-22(20)28-5;2*1-16-9-6-7-12-21(16)25-22(18-10-8-11-20(13-18)27-5)14-19(24-25)15-28-23(3,4)17(2)26;1-14(26)21(2,3)28-13-16-11-20(15-6-5-7-17(10-15)27-4)25(24-16)19-8-9-23-12-18(19)22;1-15(25)21(2,3)27-14-17-13-20(16-6-5-7-19(12-16)26-4)24(23-17)18-8-10-22-11-9-18/h6-14H,15H2,1-5H3;2*6-14H,15H2,1-5H3;5-12H,13H2,1-4H3;5-13H,14H2,1-4H3. The predicted octanol–water partition coefficient (Wildman–Crippen LogP) is 21.7. The second-order valence-electron chi connectivity index (χ2n) is 35.4. The van der Waals surface area contributed by atoms with E-state index in [-0.39, 0.29) is 67.6 Å². The Labute approximate surface area is 817 Å². The van der Waals surface area contributed by atoms with Gasteiger partial charge in [0.15, 0.2) is 34.7 Å². The van der Waals surface area contributed by atoms with E-state index in [9.17, 15) is 28.4 Å². The van der Waals surface area contributed by atoms with Gasteiger partial charge in [0.05, 0.1) is 156 Å². The minimum Gasteiger partial charge on any atom is -0.497 e. The highest BCUT2D eigenvalue weighted by Gasteiger charge is 2.32. The lowest BCUT2D eigenvalue weighted by Crippen LogP contribution is -2.32. The molecule has 7 aromatic heterocycles. The fourth-order valence-corrected chi connectivity index (χ4v) is 13.6. The Morgan fingerprint density at radius 1 is 0.279 bits per heavy atom. The number of hydrogen-bond donors (Lipinski definition) is 0. The third-order valence-corrected chi connectivity index (χ3v) is 23.7. The number of aromatic nitrogens is 12. The molecule has 29 heteroatoms. The Balaban J connectivity index is 0.000000167. The van der Waals surface area contributed by atoms with Crippen LogP contribution in [-0.2, 0) is 80.7 Å². The topological polar surface area (TPSA) is 302 Å². The molecule has 0 saturated heterocycles. The van der Waals surface area contributed by atoms with Crippen LogP contribution in [0.2, 0.25) is 0 Å². The van der Waals surface area contributed by atoms with E-state index < -0.39 is 33.8 Å². The first kappa shape index (κ1) is 105. The first-order valence-electron chi connectivity index (χ1n) is 45.4. The van der Waals surface area contributed by atoms with Crippen molar-refractivity contribution in [3.05, 3.63) is 313 Å². The number of ether oxygens (including phenoxy) is 11. The second kappa shape index (κ2) is 47.4. The summed E-state index contributed by atoms with van der Waals surface area (Å²) in [6, 6.07) is 77.7. The Hall–Kier alpha value is -15.0. The molecular formula is C111H123FN12O16. The van der Waals surface area contributed by atoms with Crippen LogP contribution in [0.3, 0.4) is 0 Å². The van der Waals surface area contributed by atoms with Crippen molar-refractivity contribution in [3.63, 3.8) is 0 Å². The molecule has 140 heavy (non-hydrogen) atoms. The lowest BCUT2D eigenvalue weighted by atomic mass is 10.1. The van der Waals surface area contributed by atoms with Gasteiger partial charge in [0.2, 0.25) is 0 Å². The van der Waals surface area contributed by atoms with E-state index in [1.54, 1.807) is 130 Å². The lowest BCUT2D eigenvalue weighted by Gasteiger charge is -2.21. The molecule has 0 bridgehead atoms. The van der Waals surface area contributed by atoms with Crippen molar-refractivity contribution >= 4 is 28.9 Å². The van der Waals surface area contributed by atoms with Crippen LogP contribution in [0.4, 0.5) is 4.39 Å². The van der Waals surface area contributed by atoms with E-state index in [1.807, 2.05) is 243 Å². The molecule has 0 spiro atoms. The summed E-state index contributed by atoms with van der Waals surface area (Å²) in [4.78, 5) is 66.5. The van der Waals surface area contributed by atoms with Gasteiger partial charge < -0.3 is 52.1 Å². The van der Waals surface area contributed by atoms with Gasteiger partial charge in [-0.3, -0.25) is 33.9 Å². The number of para-hydroxylation sites is 4. The molecule has 0 radical (unpaired) electrons. The third kappa shape index (κ3) is 27.3. The average molecular weight is 1900 g/mol. The van der Waals surface area contributed by atoms with Gasteiger partial charge >= 0.3 is 0 Å². The largest absolute Gasteiger partial charge is 0.497 e. The van der Waals surface area contributed by atoms with E-state index in [0.29, 0.717) is 28.6 Å². The van der Waals surface area contributed by atoms with Crippen LogP contribution < -0.4 is 28.4 Å². The quantitative estimate of drug-likeness (QED) is 0.0352. The molecule has 0 aliphatic rings. The number of hydrogen-bond acceptors (Lipinski definition) is 23. The van der Waals surface area contributed by atoms with Crippen LogP contribution in [0, 0.1) is 19.7 Å². The van der Waals surface area contributed by atoms with E-state index in [2.05, 4.69) is 46.1 Å². The molecule has 730 valence electrons. The maximum atomic E-state index is 14.4. The summed E-state index contributed by atoms with van der Waals surface area (Å²) in [6.07, 6.45) is 6.09. The van der Waals surface area contributed by atoms with E-state index >= 15 is 0 Å². The second-order valence-corrected chi connectivity index (χ2v) is 35.4. The van der Waals surface area contributed by atoms with E-state index in [0.717, 1.165) is 131 Å². The maximum Gasteiger partial charge on any atom is 0.167 e. The normalized spacial score (nSPS) is 11.4. The molecule has 0 aliphatic heterocycles. The molecule has 0 atom stereocenters. The van der Waals surface area contributed by atoms with Gasteiger partial charge in [-0.2, -0.15) is 25.5 Å². The first-order valence-corrected chi connectivity index (χ1v) is 45.4. The summed E-state index contributed by atoms with van der Waals surface area (Å²) in [5.74, 6) is 3.81. The Bertz CT molecular complexity index is 6400. The van der Waals surface area contributed by atoms with Gasteiger partial charge in [-0.25, -0.2) is 27.8 Å². The smallest absolute Gasteiger partial charge is 0.167 e. The first-order chi connectivity index (χ1) is 66.7. The monoisotopic (exact) mass is 1900 g/mol. The number of halogens is 1. The van der Waals surface area contributed by atoms with Crippen LogP contribution in [-0.4, -0.2) is 158 Å². The number of Topliss-reactive ketones (excluding diaryl/α,β-unsaturated/α-hetero) is 5. The van der Waals surface area contributed by atoms with Gasteiger partial charge in [-0.1, -0.05) is 109 Å². The van der Waals surface area contributed by atoms with Gasteiger partial charge in [-0.05, 0) is 262 Å². The van der Waals surface area contributed by atoms with Crippen molar-refractivity contribution < 1.29 is 80.5 Å². The minimum absolute atomic E-state index is 0.0149. The molecule has 0 fully saturated rings. The molecule has 28 nitrogen and oxygen atoms in total. The summed E-state index contributed by atoms with van der Waals surface area (Å²) in [5, 5.41) is 23.5. The SMILES string of the molecule is COc1cccc(-c2cc(COC(C)(C)C(C)=O)nn2-c2ccccc2C)c1.COc1cccc(-c2cc(COC(C)(C)C(C)=O)nn2-c2ccccc2C)c1.COc1cccc(-c2cc(COC(C)(C)C(C)=O)nn2-c2ccccc2OC)c1.COc1cccc(-c2cc(COC(C)(C)C(C)=O)nn2-c2ccncc2)c1.COc1cccc(-c2cc(COC(C)(C)C(C)=O)nn2-c2ccncc2F)c1. The van der Waals surface area contributed by atoms with Crippen molar-refractivity contribution in [1.82, 2.24) is 58.9 Å². The summed E-state index contributed by atoms with van der Waals surface area (Å²) >= 11 is 0. The van der Waals surface area contributed by atoms with Crippen molar-refractivity contribution in [1.29, 1.82) is 0 Å². The molecule has 15 aromatic rings. The number of methoxy groups -OCH3 is 6. The maximum absolute atomic E-state index is 14.4. The molecule has 0 amide bonds. The zero-order valence-corrected chi connectivity index (χ0v) is 83.7. The van der Waals surface area contributed by atoms with Gasteiger partial charge in [-0.15, -0.1) is 0 Å². The summed E-state index contributed by atoms with van der Waals surface area (Å²) in [6.45, 7) is 30.3. The number of ketones is 5. The van der Waals surface area contributed by atoms with Crippen LogP contribution >= 0.6 is 0 Å². The van der Waals surface area contributed by atoms with Gasteiger partial charge in [0.25, 0.3) is 0 Å². The number of aryl methyl sites for hydroxylation is 2. The Kier molecular flexibility index (Phi) is 35.7. The van der Waals surface area contributed by atoms with Crippen molar-refractivity contribution in [3.8, 4) is 119 Å². The van der Waals surface area contributed by atoms with Gasteiger partial charge in [0, 0.05) is 46.4 Å². The zero-order chi connectivity index (χ0) is 101. The molecule has 0 aliphatic carbocycles. The van der Waals surface area contributed by atoms with Crippen molar-refractivity contribution in [2.75, 3.05) is 42.7 Å². The van der Waals surface area contributed by atoms with Crippen LogP contribution in [0.5, 0.6) is 34.5 Å². The number of carbonyl (C=O) groups excluding carboxylic acids is 5. The van der Waals surface area contributed by atoms with Crippen molar-refractivity contribution in [2.45, 2.75) is 179 Å². The van der Waals surface area contributed by atoms with E-state index in [1.165, 1.54) is 45.5 Å². The Morgan fingerprint density at radius 3 is 0.800 bits per heavy atom. The highest BCUT2D eigenvalue weighted by atomic mass is 19.1. The zero-order valence-electron chi connectivity index (χ0n) is 83.7. The number of pyridine rings is 2. The highest BCUT2D eigenvalue weighted by Crippen LogP contribution is 2.37. The fraction of sp³-hybridized carbons (Fsp3) is 0.297.